The van der Waals surface area contributed by atoms with Gasteiger partial charge in [0.15, 0.2) is 0 Å². The van der Waals surface area contributed by atoms with E-state index in [1.54, 1.807) is 42.5 Å². The van der Waals surface area contributed by atoms with Gasteiger partial charge in [-0.25, -0.2) is 5.43 Å². The molecule has 0 bridgehead atoms. The van der Waals surface area contributed by atoms with E-state index in [0.717, 1.165) is 4.47 Å². The van der Waals surface area contributed by atoms with E-state index in [0.29, 0.717) is 11.3 Å². The van der Waals surface area contributed by atoms with Crippen LogP contribution >= 0.6 is 15.9 Å². The lowest BCUT2D eigenvalue weighted by Crippen LogP contribution is -2.32. The fourth-order valence-corrected chi connectivity index (χ4v) is 1.93. The molecule has 0 radical (unpaired) electrons. The van der Waals surface area contributed by atoms with Gasteiger partial charge in [-0.05, 0) is 30.3 Å². The Morgan fingerprint density at radius 1 is 1.09 bits per heavy atom. The fraction of sp³-hybridized carbons (Fsp3) is 0. The standard InChI is InChI=1S/C15H12BrN3O3/c16-11-6-7-13(20)10(8-11)9-17-19-15(22)14(21)18-12-4-2-1-3-5-12/h1-9,20H,(H,18,21)(H,19,22). The molecular formula is C15H12BrN3O3. The van der Waals surface area contributed by atoms with E-state index in [1.807, 2.05) is 0 Å². The smallest absolute Gasteiger partial charge is 0.329 e. The molecule has 0 unspecified atom stereocenters. The van der Waals surface area contributed by atoms with Gasteiger partial charge in [0.05, 0.1) is 6.21 Å². The van der Waals surface area contributed by atoms with Gasteiger partial charge in [0, 0.05) is 15.7 Å². The van der Waals surface area contributed by atoms with Crippen LogP contribution in [0.3, 0.4) is 0 Å². The zero-order valence-electron chi connectivity index (χ0n) is 11.3. The number of aromatic hydroxyl groups is 1. The van der Waals surface area contributed by atoms with Crippen LogP contribution in [0.1, 0.15) is 5.56 Å². The minimum Gasteiger partial charge on any atom is -0.507 e. The lowest BCUT2D eigenvalue weighted by atomic mass is 10.2. The summed E-state index contributed by atoms with van der Waals surface area (Å²) in [4.78, 5) is 23.2. The molecule has 2 aromatic rings. The molecular weight excluding hydrogens is 350 g/mol. The van der Waals surface area contributed by atoms with Crippen LogP contribution in [0.25, 0.3) is 0 Å². The van der Waals surface area contributed by atoms with Gasteiger partial charge >= 0.3 is 11.8 Å². The molecule has 0 heterocycles. The summed E-state index contributed by atoms with van der Waals surface area (Å²) in [5, 5.41) is 15.7. The first kappa shape index (κ1) is 15.7. The summed E-state index contributed by atoms with van der Waals surface area (Å²) in [6.45, 7) is 0. The van der Waals surface area contributed by atoms with Gasteiger partial charge in [-0.1, -0.05) is 34.1 Å². The molecule has 7 heteroatoms. The second-order valence-electron chi connectivity index (χ2n) is 4.22. The number of hydrogen-bond donors (Lipinski definition) is 3. The summed E-state index contributed by atoms with van der Waals surface area (Å²) in [5.41, 5.74) is 3.00. The van der Waals surface area contributed by atoms with E-state index in [9.17, 15) is 14.7 Å². The Morgan fingerprint density at radius 3 is 2.55 bits per heavy atom. The highest BCUT2D eigenvalue weighted by Gasteiger charge is 2.12. The monoisotopic (exact) mass is 361 g/mol. The molecule has 0 aliphatic rings. The number of amides is 2. The van der Waals surface area contributed by atoms with Crippen LogP contribution in [0.4, 0.5) is 5.69 Å². The number of hydrazone groups is 1. The van der Waals surface area contributed by atoms with Crippen LogP contribution in [0.5, 0.6) is 5.75 Å². The molecule has 0 spiro atoms. The van der Waals surface area contributed by atoms with Crippen LogP contribution in [-0.4, -0.2) is 23.1 Å². The van der Waals surface area contributed by atoms with E-state index in [-0.39, 0.29) is 5.75 Å². The van der Waals surface area contributed by atoms with Crippen molar-refractivity contribution in [2.75, 3.05) is 5.32 Å². The largest absolute Gasteiger partial charge is 0.507 e. The third-order valence-electron chi connectivity index (χ3n) is 2.60. The Balaban J connectivity index is 1.93. The highest BCUT2D eigenvalue weighted by molar-refractivity contribution is 9.10. The predicted molar refractivity (Wildman–Crippen MR) is 86.6 cm³/mol. The molecule has 0 aromatic heterocycles. The summed E-state index contributed by atoms with van der Waals surface area (Å²) in [7, 11) is 0. The maximum absolute atomic E-state index is 11.6. The SMILES string of the molecule is O=C(NN=Cc1cc(Br)ccc1O)C(=O)Nc1ccccc1. The van der Waals surface area contributed by atoms with E-state index in [1.165, 1.54) is 12.3 Å². The van der Waals surface area contributed by atoms with Crippen LogP contribution in [0.2, 0.25) is 0 Å². The quantitative estimate of drug-likeness (QED) is 0.444. The van der Waals surface area contributed by atoms with Crippen molar-refractivity contribution in [2.45, 2.75) is 0 Å². The zero-order valence-corrected chi connectivity index (χ0v) is 12.9. The van der Waals surface area contributed by atoms with Gasteiger partial charge < -0.3 is 10.4 Å². The normalized spacial score (nSPS) is 10.4. The van der Waals surface area contributed by atoms with Crippen LogP contribution < -0.4 is 10.7 Å². The molecule has 3 N–H and O–H groups in total. The number of benzene rings is 2. The summed E-state index contributed by atoms with van der Waals surface area (Å²) < 4.78 is 0.750. The Kier molecular flexibility index (Phi) is 5.26. The number of phenolic OH excluding ortho intramolecular Hbond substituents is 1. The van der Waals surface area contributed by atoms with Crippen LogP contribution in [0.15, 0.2) is 58.1 Å². The number of nitrogens with one attached hydrogen (secondary N) is 2. The fourth-order valence-electron chi connectivity index (χ4n) is 1.55. The Bertz CT molecular complexity index is 717. The average molecular weight is 362 g/mol. The van der Waals surface area contributed by atoms with Crippen molar-refractivity contribution in [2.24, 2.45) is 5.10 Å². The zero-order chi connectivity index (χ0) is 15.9. The molecule has 6 nitrogen and oxygen atoms in total. The number of halogens is 1. The van der Waals surface area contributed by atoms with Gasteiger partial charge in [-0.2, -0.15) is 5.10 Å². The van der Waals surface area contributed by atoms with Crippen molar-refractivity contribution in [1.29, 1.82) is 0 Å². The first-order chi connectivity index (χ1) is 10.6. The first-order valence-corrected chi connectivity index (χ1v) is 7.03. The molecule has 0 aliphatic carbocycles. The molecule has 2 rings (SSSR count). The highest BCUT2D eigenvalue weighted by Crippen LogP contribution is 2.19. The highest BCUT2D eigenvalue weighted by atomic mass is 79.9. The Labute approximate surface area is 135 Å². The Hall–Kier alpha value is -2.67. The Morgan fingerprint density at radius 2 is 1.82 bits per heavy atom. The number of anilines is 1. The third kappa shape index (κ3) is 4.42. The topological polar surface area (TPSA) is 90.8 Å². The number of rotatable bonds is 3. The summed E-state index contributed by atoms with van der Waals surface area (Å²) in [5.74, 6) is -1.73. The van der Waals surface area contributed by atoms with Crippen molar-refractivity contribution >= 4 is 39.6 Å². The third-order valence-corrected chi connectivity index (χ3v) is 3.09. The number of carbonyl (C=O) groups is 2. The minimum absolute atomic E-state index is 0.00920. The van der Waals surface area contributed by atoms with Gasteiger partial charge in [-0.15, -0.1) is 0 Å². The van der Waals surface area contributed by atoms with E-state index in [4.69, 9.17) is 0 Å². The maximum Gasteiger partial charge on any atom is 0.329 e. The van der Waals surface area contributed by atoms with Crippen molar-refractivity contribution in [3.05, 3.63) is 58.6 Å². The van der Waals surface area contributed by atoms with Gasteiger partial charge in [0.2, 0.25) is 0 Å². The van der Waals surface area contributed by atoms with Gasteiger partial charge in [0.25, 0.3) is 0 Å². The predicted octanol–water partition coefficient (Wildman–Crippen LogP) is 2.24. The van der Waals surface area contributed by atoms with E-state index < -0.39 is 11.8 Å². The minimum atomic E-state index is -0.908. The molecule has 0 saturated heterocycles. The van der Waals surface area contributed by atoms with Gasteiger partial charge in [0.1, 0.15) is 5.75 Å². The van der Waals surface area contributed by atoms with Crippen molar-refractivity contribution in [1.82, 2.24) is 5.43 Å². The van der Waals surface area contributed by atoms with Crippen molar-refractivity contribution in [3.63, 3.8) is 0 Å². The van der Waals surface area contributed by atoms with Crippen LogP contribution in [-0.2, 0) is 9.59 Å². The number of nitrogens with zero attached hydrogens (tertiary/aromatic N) is 1. The molecule has 0 saturated carbocycles. The molecule has 0 atom stereocenters. The second-order valence-corrected chi connectivity index (χ2v) is 5.14. The maximum atomic E-state index is 11.6. The number of carbonyl (C=O) groups excluding carboxylic acids is 2. The number of hydrogen-bond acceptors (Lipinski definition) is 4. The summed E-state index contributed by atoms with van der Waals surface area (Å²) >= 11 is 3.25. The lowest BCUT2D eigenvalue weighted by Gasteiger charge is -2.03. The van der Waals surface area contributed by atoms with E-state index >= 15 is 0 Å². The molecule has 0 fully saturated rings. The van der Waals surface area contributed by atoms with Crippen LogP contribution in [0, 0.1) is 0 Å². The molecule has 2 amide bonds. The average Bonchev–Trinajstić information content (AvgIpc) is 2.51. The molecule has 22 heavy (non-hydrogen) atoms. The molecule has 112 valence electrons. The second kappa shape index (κ2) is 7.37. The van der Waals surface area contributed by atoms with Crippen molar-refractivity contribution in [3.8, 4) is 5.75 Å². The molecule has 0 aliphatic heterocycles. The summed E-state index contributed by atoms with van der Waals surface area (Å²) in [6.07, 6.45) is 1.24. The van der Waals surface area contributed by atoms with Crippen molar-refractivity contribution < 1.29 is 14.7 Å². The number of para-hydroxylation sites is 1. The molecule has 2 aromatic carbocycles. The lowest BCUT2D eigenvalue weighted by molar-refractivity contribution is -0.136. The summed E-state index contributed by atoms with van der Waals surface area (Å²) in [6, 6.07) is 13.4. The van der Waals surface area contributed by atoms with E-state index in [2.05, 4.69) is 31.8 Å². The first-order valence-electron chi connectivity index (χ1n) is 6.24. The number of phenols is 1. The van der Waals surface area contributed by atoms with Gasteiger partial charge in [-0.3, -0.25) is 9.59 Å².